The Labute approximate surface area is 130 Å². The molecule has 0 saturated carbocycles. The van der Waals surface area contributed by atoms with Gasteiger partial charge in [0.1, 0.15) is 0 Å². The van der Waals surface area contributed by atoms with Gasteiger partial charge in [-0.15, -0.1) is 0 Å². The summed E-state index contributed by atoms with van der Waals surface area (Å²) in [5, 5.41) is 2.83. The van der Waals surface area contributed by atoms with Crippen molar-refractivity contribution in [2.75, 3.05) is 52.4 Å². The molecule has 1 fully saturated rings. The van der Waals surface area contributed by atoms with Crippen molar-refractivity contribution in [1.29, 1.82) is 0 Å². The fourth-order valence-electron chi connectivity index (χ4n) is 2.48. The summed E-state index contributed by atoms with van der Waals surface area (Å²) in [6.07, 6.45) is 4.13. The Bertz CT molecular complexity index is 499. The highest BCUT2D eigenvalue weighted by atomic mass is 16.5. The van der Waals surface area contributed by atoms with Crippen molar-refractivity contribution in [2.24, 2.45) is 0 Å². The van der Waals surface area contributed by atoms with E-state index in [1.54, 1.807) is 31.5 Å². The first-order chi connectivity index (χ1) is 10.7. The van der Waals surface area contributed by atoms with Crippen LogP contribution in [0.3, 0.4) is 0 Å². The molecule has 2 amide bonds. The number of ether oxygens (including phenoxy) is 2. The Morgan fingerprint density at radius 2 is 2.23 bits per heavy atom. The lowest BCUT2D eigenvalue weighted by molar-refractivity contribution is 0.177. The first kappa shape index (κ1) is 16.3. The second-order valence-corrected chi connectivity index (χ2v) is 5.11. The van der Waals surface area contributed by atoms with Gasteiger partial charge in [-0.05, 0) is 6.42 Å². The number of likely N-dealkylation sites (N-methyl/N-ethyl adjacent to an activating group) is 1. The molecule has 8 nitrogen and oxygen atoms in total. The van der Waals surface area contributed by atoms with Gasteiger partial charge in [0.2, 0.25) is 0 Å². The highest BCUT2D eigenvalue weighted by molar-refractivity contribution is 5.74. The average molecular weight is 309 g/mol. The second-order valence-electron chi connectivity index (χ2n) is 5.11. The largest absolute Gasteiger partial charge is 0.478 e. The van der Waals surface area contributed by atoms with E-state index in [0.29, 0.717) is 25.6 Å². The molecule has 1 aliphatic rings. The number of methoxy groups -OCH3 is 2. The van der Waals surface area contributed by atoms with E-state index in [1.165, 1.54) is 0 Å². The van der Waals surface area contributed by atoms with Gasteiger partial charge in [0, 0.05) is 46.2 Å². The lowest BCUT2D eigenvalue weighted by atomic mass is 10.2. The van der Waals surface area contributed by atoms with Crippen LogP contribution in [-0.2, 0) is 4.74 Å². The number of carbonyl (C=O) groups excluding carboxylic acids is 1. The summed E-state index contributed by atoms with van der Waals surface area (Å²) >= 11 is 0. The van der Waals surface area contributed by atoms with Crippen LogP contribution in [0.25, 0.3) is 0 Å². The maximum atomic E-state index is 12.1. The van der Waals surface area contributed by atoms with Crippen LogP contribution in [0, 0.1) is 0 Å². The fourth-order valence-corrected chi connectivity index (χ4v) is 2.48. The Kier molecular flexibility index (Phi) is 5.76. The van der Waals surface area contributed by atoms with Crippen LogP contribution in [0.1, 0.15) is 6.42 Å². The first-order valence-corrected chi connectivity index (χ1v) is 7.27. The molecule has 8 heteroatoms. The molecule has 1 unspecified atom stereocenters. The molecular formula is C14H23N5O3. The predicted octanol–water partition coefficient (Wildman–Crippen LogP) is 0.352. The lowest BCUT2D eigenvalue weighted by Crippen LogP contribution is -2.45. The van der Waals surface area contributed by atoms with Crippen LogP contribution in [0.2, 0.25) is 0 Å². The van der Waals surface area contributed by atoms with Gasteiger partial charge in [0.05, 0.1) is 19.8 Å². The second kappa shape index (κ2) is 7.79. The zero-order valence-corrected chi connectivity index (χ0v) is 13.3. The molecular weight excluding hydrogens is 286 g/mol. The molecule has 1 aliphatic heterocycles. The fraction of sp³-hybridized carbons (Fsp3) is 0.643. The molecule has 1 saturated heterocycles. The highest BCUT2D eigenvalue weighted by Crippen LogP contribution is 2.27. The third kappa shape index (κ3) is 3.76. The Morgan fingerprint density at radius 3 is 2.95 bits per heavy atom. The number of amides is 2. The number of nitrogens with one attached hydrogen (secondary N) is 1. The predicted molar refractivity (Wildman–Crippen MR) is 82.2 cm³/mol. The summed E-state index contributed by atoms with van der Waals surface area (Å²) in [7, 11) is 5.00. The molecule has 22 heavy (non-hydrogen) atoms. The standard InChI is InChI=1S/C14H23N5O3/c1-18(14(20)17-7-9-21-2)11-4-8-19(10-11)12-13(22-3)16-6-5-15-12/h5-6,11H,4,7-10H2,1-3H3,(H,17,20). The quantitative estimate of drug-likeness (QED) is 0.764. The molecule has 0 radical (unpaired) electrons. The molecule has 0 bridgehead atoms. The monoisotopic (exact) mass is 309 g/mol. The zero-order valence-electron chi connectivity index (χ0n) is 13.3. The van der Waals surface area contributed by atoms with Crippen molar-refractivity contribution in [2.45, 2.75) is 12.5 Å². The van der Waals surface area contributed by atoms with E-state index in [1.807, 2.05) is 7.05 Å². The molecule has 122 valence electrons. The van der Waals surface area contributed by atoms with Gasteiger partial charge in [0.25, 0.3) is 5.88 Å². The van der Waals surface area contributed by atoms with Crippen LogP contribution in [-0.4, -0.2) is 74.4 Å². The number of rotatable bonds is 6. The van der Waals surface area contributed by atoms with Crippen molar-refractivity contribution >= 4 is 11.8 Å². The van der Waals surface area contributed by atoms with Gasteiger partial charge >= 0.3 is 6.03 Å². The molecule has 2 heterocycles. The Morgan fingerprint density at radius 1 is 1.45 bits per heavy atom. The van der Waals surface area contributed by atoms with Crippen LogP contribution in [0.4, 0.5) is 10.6 Å². The molecule has 1 N–H and O–H groups in total. The Balaban J connectivity index is 1.93. The minimum atomic E-state index is -0.0880. The smallest absolute Gasteiger partial charge is 0.317 e. The number of aromatic nitrogens is 2. The topological polar surface area (TPSA) is 79.8 Å². The Hall–Kier alpha value is -2.09. The van der Waals surface area contributed by atoms with E-state index in [9.17, 15) is 4.79 Å². The number of nitrogens with zero attached hydrogens (tertiary/aromatic N) is 4. The van der Waals surface area contributed by atoms with E-state index in [0.717, 1.165) is 18.8 Å². The van der Waals surface area contributed by atoms with Crippen molar-refractivity contribution in [3.63, 3.8) is 0 Å². The van der Waals surface area contributed by atoms with Crippen molar-refractivity contribution in [3.05, 3.63) is 12.4 Å². The van der Waals surface area contributed by atoms with E-state index < -0.39 is 0 Å². The number of anilines is 1. The van der Waals surface area contributed by atoms with Crippen molar-refractivity contribution in [1.82, 2.24) is 20.2 Å². The van der Waals surface area contributed by atoms with Gasteiger partial charge < -0.3 is 24.6 Å². The highest BCUT2D eigenvalue weighted by Gasteiger charge is 2.30. The third-order valence-electron chi connectivity index (χ3n) is 3.75. The molecule has 1 aromatic heterocycles. The zero-order chi connectivity index (χ0) is 15.9. The van der Waals surface area contributed by atoms with Crippen molar-refractivity contribution < 1.29 is 14.3 Å². The van der Waals surface area contributed by atoms with Gasteiger partial charge in [-0.25, -0.2) is 14.8 Å². The number of hydrogen-bond donors (Lipinski definition) is 1. The molecule has 0 spiro atoms. The molecule has 0 aliphatic carbocycles. The summed E-state index contributed by atoms with van der Waals surface area (Å²) in [5.41, 5.74) is 0. The molecule has 2 rings (SSSR count). The number of urea groups is 1. The SMILES string of the molecule is COCCNC(=O)N(C)C1CCN(c2nccnc2OC)C1. The van der Waals surface area contributed by atoms with Crippen LogP contribution >= 0.6 is 0 Å². The van der Waals surface area contributed by atoms with Gasteiger partial charge in [-0.1, -0.05) is 0 Å². The minimum absolute atomic E-state index is 0.0880. The first-order valence-electron chi connectivity index (χ1n) is 7.27. The minimum Gasteiger partial charge on any atom is -0.478 e. The van der Waals surface area contributed by atoms with E-state index in [4.69, 9.17) is 9.47 Å². The normalized spacial score (nSPS) is 17.4. The lowest BCUT2D eigenvalue weighted by Gasteiger charge is -2.25. The summed E-state index contributed by atoms with van der Waals surface area (Å²) in [4.78, 5) is 24.4. The summed E-state index contributed by atoms with van der Waals surface area (Å²) in [6, 6.07) is 0.0456. The molecule has 0 aromatic carbocycles. The van der Waals surface area contributed by atoms with Crippen molar-refractivity contribution in [3.8, 4) is 5.88 Å². The molecule has 1 aromatic rings. The average Bonchev–Trinajstić information content (AvgIpc) is 3.04. The maximum Gasteiger partial charge on any atom is 0.317 e. The number of carbonyl (C=O) groups is 1. The van der Waals surface area contributed by atoms with Crippen LogP contribution in [0.15, 0.2) is 12.4 Å². The van der Waals surface area contributed by atoms with Gasteiger partial charge in [0.15, 0.2) is 5.82 Å². The van der Waals surface area contributed by atoms with Crippen LogP contribution in [0.5, 0.6) is 5.88 Å². The third-order valence-corrected chi connectivity index (χ3v) is 3.75. The van der Waals surface area contributed by atoms with E-state index in [2.05, 4.69) is 20.2 Å². The summed E-state index contributed by atoms with van der Waals surface area (Å²) < 4.78 is 10.2. The summed E-state index contributed by atoms with van der Waals surface area (Å²) in [6.45, 7) is 2.54. The van der Waals surface area contributed by atoms with E-state index in [-0.39, 0.29) is 12.1 Å². The summed E-state index contributed by atoms with van der Waals surface area (Å²) in [5.74, 6) is 1.23. The van der Waals surface area contributed by atoms with Gasteiger partial charge in [-0.3, -0.25) is 0 Å². The van der Waals surface area contributed by atoms with E-state index >= 15 is 0 Å². The van der Waals surface area contributed by atoms with Gasteiger partial charge in [-0.2, -0.15) is 0 Å². The number of hydrogen-bond acceptors (Lipinski definition) is 6. The molecule has 1 atom stereocenters. The maximum absolute atomic E-state index is 12.1. The van der Waals surface area contributed by atoms with Crippen LogP contribution < -0.4 is 15.0 Å².